The van der Waals surface area contributed by atoms with Crippen LogP contribution in [0.2, 0.25) is 0 Å². The Kier molecular flexibility index (Phi) is 5.32. The highest BCUT2D eigenvalue weighted by Gasteiger charge is 1.93. The summed E-state index contributed by atoms with van der Waals surface area (Å²) in [6, 6.07) is 3.88. The topological polar surface area (TPSA) is 12.9 Å². The maximum absolute atomic E-state index is 4.11. The second-order valence-electron chi connectivity index (χ2n) is 3.10. The molecule has 0 fully saturated rings. The zero-order valence-corrected chi connectivity index (χ0v) is 9.97. The molecular formula is C12H14BrN. The number of halogens is 1. The highest BCUT2D eigenvalue weighted by Crippen LogP contribution is 2.10. The minimum Gasteiger partial charge on any atom is -0.248 e. The third-order valence-corrected chi connectivity index (χ3v) is 2.52. The normalized spacial score (nSPS) is 9.29. The first-order valence-corrected chi connectivity index (χ1v) is 5.73. The van der Waals surface area contributed by atoms with Gasteiger partial charge in [0.15, 0.2) is 0 Å². The minimum atomic E-state index is 0.836. The van der Waals surface area contributed by atoms with Crippen LogP contribution in [0.4, 0.5) is 0 Å². The highest BCUT2D eigenvalue weighted by molar-refractivity contribution is 9.10. The number of nitrogens with zero attached hydrogens (tertiary/aromatic N) is 1. The van der Waals surface area contributed by atoms with E-state index in [4.69, 9.17) is 0 Å². The summed E-state index contributed by atoms with van der Waals surface area (Å²) in [5.74, 6) is 6.27. The van der Waals surface area contributed by atoms with Crippen LogP contribution in [-0.4, -0.2) is 4.98 Å². The third kappa shape index (κ3) is 3.93. The predicted molar refractivity (Wildman–Crippen MR) is 63.0 cm³/mol. The van der Waals surface area contributed by atoms with Crippen molar-refractivity contribution in [1.29, 1.82) is 0 Å². The average molecular weight is 252 g/mol. The summed E-state index contributed by atoms with van der Waals surface area (Å²) in [4.78, 5) is 4.11. The molecular weight excluding hydrogens is 238 g/mol. The molecule has 14 heavy (non-hydrogen) atoms. The van der Waals surface area contributed by atoms with Gasteiger partial charge in [0.05, 0.1) is 5.56 Å². The average Bonchev–Trinajstić information content (AvgIpc) is 2.20. The van der Waals surface area contributed by atoms with Crippen molar-refractivity contribution in [3.05, 3.63) is 28.5 Å². The summed E-state index contributed by atoms with van der Waals surface area (Å²) >= 11 is 3.37. The summed E-state index contributed by atoms with van der Waals surface area (Å²) < 4.78 is 0.836. The Morgan fingerprint density at radius 2 is 2.29 bits per heavy atom. The molecule has 0 saturated carbocycles. The highest BCUT2D eigenvalue weighted by atomic mass is 79.9. The van der Waals surface area contributed by atoms with E-state index in [1.165, 1.54) is 19.3 Å². The van der Waals surface area contributed by atoms with Crippen LogP contribution in [-0.2, 0) is 0 Å². The molecule has 0 amide bonds. The first-order chi connectivity index (χ1) is 6.84. The molecule has 1 nitrogen and oxygen atoms in total. The SMILES string of the molecule is CCCCCC#Cc1cccnc1Br. The first kappa shape index (κ1) is 11.3. The van der Waals surface area contributed by atoms with Crippen LogP contribution in [0.5, 0.6) is 0 Å². The number of hydrogen-bond donors (Lipinski definition) is 0. The van der Waals surface area contributed by atoms with Crippen molar-refractivity contribution in [3.63, 3.8) is 0 Å². The fourth-order valence-electron chi connectivity index (χ4n) is 1.10. The molecule has 0 saturated heterocycles. The number of aromatic nitrogens is 1. The maximum Gasteiger partial charge on any atom is 0.121 e. The molecule has 1 heterocycles. The lowest BCUT2D eigenvalue weighted by Gasteiger charge is -1.92. The van der Waals surface area contributed by atoms with Gasteiger partial charge in [-0.3, -0.25) is 0 Å². The van der Waals surface area contributed by atoms with Crippen molar-refractivity contribution in [2.24, 2.45) is 0 Å². The van der Waals surface area contributed by atoms with Gasteiger partial charge in [-0.25, -0.2) is 4.98 Å². The number of pyridine rings is 1. The smallest absolute Gasteiger partial charge is 0.121 e. The lowest BCUT2D eigenvalue weighted by atomic mass is 10.2. The minimum absolute atomic E-state index is 0.836. The van der Waals surface area contributed by atoms with Gasteiger partial charge in [0, 0.05) is 12.6 Å². The van der Waals surface area contributed by atoms with E-state index in [-0.39, 0.29) is 0 Å². The lowest BCUT2D eigenvalue weighted by molar-refractivity contribution is 0.737. The monoisotopic (exact) mass is 251 g/mol. The first-order valence-electron chi connectivity index (χ1n) is 4.94. The molecule has 0 radical (unpaired) electrons. The van der Waals surface area contributed by atoms with Gasteiger partial charge in [0.1, 0.15) is 4.60 Å². The molecule has 0 spiro atoms. The Morgan fingerprint density at radius 3 is 3.00 bits per heavy atom. The molecule has 0 bridgehead atoms. The second-order valence-corrected chi connectivity index (χ2v) is 3.85. The molecule has 0 aromatic carbocycles. The molecule has 0 aliphatic carbocycles. The van der Waals surface area contributed by atoms with E-state index in [0.717, 1.165) is 16.6 Å². The Morgan fingerprint density at radius 1 is 1.43 bits per heavy atom. The fraction of sp³-hybridized carbons (Fsp3) is 0.417. The van der Waals surface area contributed by atoms with Gasteiger partial charge in [-0.1, -0.05) is 31.6 Å². The Bertz CT molecular complexity index is 336. The predicted octanol–water partition coefficient (Wildman–Crippen LogP) is 3.78. The van der Waals surface area contributed by atoms with Gasteiger partial charge >= 0.3 is 0 Å². The van der Waals surface area contributed by atoms with E-state index in [0.29, 0.717) is 0 Å². The van der Waals surface area contributed by atoms with Crippen molar-refractivity contribution in [2.45, 2.75) is 32.6 Å². The van der Waals surface area contributed by atoms with Crippen LogP contribution >= 0.6 is 15.9 Å². The summed E-state index contributed by atoms with van der Waals surface area (Å²) in [6.07, 6.45) is 6.45. The molecule has 1 rings (SSSR count). The van der Waals surface area contributed by atoms with Crippen LogP contribution in [0.15, 0.2) is 22.9 Å². The Labute approximate surface area is 94.1 Å². The van der Waals surface area contributed by atoms with Crippen molar-refractivity contribution < 1.29 is 0 Å². The largest absolute Gasteiger partial charge is 0.248 e. The molecule has 0 atom stereocenters. The maximum atomic E-state index is 4.11. The Hall–Kier alpha value is -0.810. The van der Waals surface area contributed by atoms with Gasteiger partial charge in [0.2, 0.25) is 0 Å². The number of unbranched alkanes of at least 4 members (excludes halogenated alkanes) is 3. The van der Waals surface area contributed by atoms with Crippen LogP contribution in [0.1, 0.15) is 38.2 Å². The van der Waals surface area contributed by atoms with Crippen molar-refractivity contribution >= 4 is 15.9 Å². The van der Waals surface area contributed by atoms with Crippen molar-refractivity contribution in [1.82, 2.24) is 4.98 Å². The van der Waals surface area contributed by atoms with E-state index >= 15 is 0 Å². The van der Waals surface area contributed by atoms with Gasteiger partial charge in [-0.15, -0.1) is 0 Å². The number of hydrogen-bond acceptors (Lipinski definition) is 1. The zero-order valence-electron chi connectivity index (χ0n) is 8.39. The van der Waals surface area contributed by atoms with E-state index in [1.54, 1.807) is 6.20 Å². The van der Waals surface area contributed by atoms with E-state index in [1.807, 2.05) is 12.1 Å². The number of rotatable bonds is 3. The third-order valence-electron chi connectivity index (χ3n) is 1.89. The Balaban J connectivity index is 2.47. The molecule has 1 aromatic heterocycles. The van der Waals surface area contributed by atoms with E-state index in [2.05, 4.69) is 39.7 Å². The van der Waals surface area contributed by atoms with Gasteiger partial charge in [-0.2, -0.15) is 0 Å². The molecule has 74 valence electrons. The summed E-state index contributed by atoms with van der Waals surface area (Å²) in [7, 11) is 0. The van der Waals surface area contributed by atoms with E-state index in [9.17, 15) is 0 Å². The molecule has 0 unspecified atom stereocenters. The quantitative estimate of drug-likeness (QED) is 0.453. The van der Waals surface area contributed by atoms with Crippen molar-refractivity contribution in [2.75, 3.05) is 0 Å². The molecule has 0 N–H and O–H groups in total. The molecule has 1 aromatic rings. The summed E-state index contributed by atoms with van der Waals surface area (Å²) in [6.45, 7) is 2.20. The van der Waals surface area contributed by atoms with Crippen LogP contribution in [0.25, 0.3) is 0 Å². The van der Waals surface area contributed by atoms with Gasteiger partial charge < -0.3 is 0 Å². The molecule has 2 heteroatoms. The summed E-state index contributed by atoms with van der Waals surface area (Å²) in [5, 5.41) is 0. The lowest BCUT2D eigenvalue weighted by Crippen LogP contribution is -1.80. The zero-order chi connectivity index (χ0) is 10.2. The van der Waals surface area contributed by atoms with Crippen molar-refractivity contribution in [3.8, 4) is 11.8 Å². The van der Waals surface area contributed by atoms with Gasteiger partial charge in [0.25, 0.3) is 0 Å². The molecule has 0 aliphatic rings. The van der Waals surface area contributed by atoms with Gasteiger partial charge in [-0.05, 0) is 34.5 Å². The fourth-order valence-corrected chi connectivity index (χ4v) is 1.45. The summed E-state index contributed by atoms with van der Waals surface area (Å²) in [5.41, 5.74) is 0.976. The van der Waals surface area contributed by atoms with Crippen LogP contribution < -0.4 is 0 Å². The second kappa shape index (κ2) is 6.62. The van der Waals surface area contributed by atoms with Crippen LogP contribution in [0, 0.1) is 11.8 Å². The van der Waals surface area contributed by atoms with E-state index < -0.39 is 0 Å². The van der Waals surface area contributed by atoms with Crippen LogP contribution in [0.3, 0.4) is 0 Å². The molecule has 0 aliphatic heterocycles. The standard InChI is InChI=1S/C12H14BrN/c1-2-3-4-5-6-8-11-9-7-10-14-12(11)13/h7,9-10H,2-5H2,1H3.